The zero-order chi connectivity index (χ0) is 16.9. The number of halogens is 3. The predicted molar refractivity (Wildman–Crippen MR) is 70.0 cm³/mol. The van der Waals surface area contributed by atoms with Gasteiger partial charge in [-0.25, -0.2) is 4.79 Å². The lowest BCUT2D eigenvalue weighted by atomic mass is 10.1. The molecule has 0 aliphatic heterocycles. The van der Waals surface area contributed by atoms with E-state index in [-0.39, 0.29) is 12.3 Å². The summed E-state index contributed by atoms with van der Waals surface area (Å²) < 4.78 is 47.1. The summed E-state index contributed by atoms with van der Waals surface area (Å²) in [6.45, 7) is -1.45. The first-order valence-corrected chi connectivity index (χ1v) is 6.12. The molecule has 0 aliphatic carbocycles. The van der Waals surface area contributed by atoms with E-state index in [1.165, 1.54) is 32.4 Å². The summed E-state index contributed by atoms with van der Waals surface area (Å²) in [6, 6.07) is 4.49. The Bertz CT molecular complexity index is 521. The lowest BCUT2D eigenvalue weighted by Gasteiger charge is -2.24. The Labute approximate surface area is 124 Å². The van der Waals surface area contributed by atoms with Crippen molar-refractivity contribution in [2.24, 2.45) is 0 Å². The molecule has 0 radical (unpaired) electrons. The summed E-state index contributed by atoms with van der Waals surface area (Å²) in [5.74, 6) is 0.727. The minimum Gasteiger partial charge on any atom is -0.497 e. The Balaban J connectivity index is 2.94. The highest BCUT2D eigenvalue weighted by Gasteiger charge is 2.40. The van der Waals surface area contributed by atoms with Gasteiger partial charge in [-0.15, -0.1) is 0 Å². The summed E-state index contributed by atoms with van der Waals surface area (Å²) >= 11 is 0. The Hall–Kier alpha value is -2.16. The van der Waals surface area contributed by atoms with Crippen molar-refractivity contribution in [1.82, 2.24) is 4.90 Å². The van der Waals surface area contributed by atoms with Crippen molar-refractivity contribution in [2.45, 2.75) is 18.8 Å². The molecule has 6 nitrogen and oxygen atoms in total. The molecule has 124 valence electrons. The van der Waals surface area contributed by atoms with Gasteiger partial charge >= 0.3 is 12.3 Å². The number of benzene rings is 1. The molecule has 0 aromatic heterocycles. The maximum absolute atomic E-state index is 12.3. The van der Waals surface area contributed by atoms with E-state index in [9.17, 15) is 18.0 Å². The van der Waals surface area contributed by atoms with Crippen LogP contribution in [-0.2, 0) is 6.54 Å². The van der Waals surface area contributed by atoms with Gasteiger partial charge in [0.15, 0.2) is 6.10 Å². The van der Waals surface area contributed by atoms with E-state index in [2.05, 4.69) is 0 Å². The second kappa shape index (κ2) is 7.21. The third-order valence-electron chi connectivity index (χ3n) is 2.90. The van der Waals surface area contributed by atoms with Gasteiger partial charge in [-0.3, -0.25) is 0 Å². The summed E-state index contributed by atoms with van der Waals surface area (Å²) in [4.78, 5) is 11.5. The largest absolute Gasteiger partial charge is 0.497 e. The number of rotatable bonds is 6. The first-order valence-electron chi connectivity index (χ1n) is 6.12. The van der Waals surface area contributed by atoms with Gasteiger partial charge in [-0.2, -0.15) is 13.2 Å². The van der Waals surface area contributed by atoms with Crippen LogP contribution in [0.3, 0.4) is 0 Å². The van der Waals surface area contributed by atoms with Crippen LogP contribution in [0.2, 0.25) is 0 Å². The van der Waals surface area contributed by atoms with Crippen LogP contribution in [-0.4, -0.2) is 54.3 Å². The molecule has 0 saturated heterocycles. The highest BCUT2D eigenvalue weighted by atomic mass is 19.4. The smallest absolute Gasteiger partial charge is 0.416 e. The summed E-state index contributed by atoms with van der Waals surface area (Å²) in [5, 5.41) is 18.0. The Morgan fingerprint density at radius 3 is 2.41 bits per heavy atom. The lowest BCUT2D eigenvalue weighted by molar-refractivity contribution is -0.206. The molecular formula is C13H16F3NO5. The second-order valence-corrected chi connectivity index (χ2v) is 4.40. The standard InChI is InChI=1S/C13H16F3NO5/c1-21-9-4-3-8(10(5-9)22-2)6-17(12(19)20)7-11(18)13(14,15)16/h3-5,11,18H,6-7H2,1-2H3,(H,19,20). The maximum atomic E-state index is 12.3. The molecule has 1 atom stereocenters. The van der Waals surface area contributed by atoms with Gasteiger partial charge in [0.2, 0.25) is 0 Å². The van der Waals surface area contributed by atoms with Crippen LogP contribution in [0.1, 0.15) is 5.56 Å². The van der Waals surface area contributed by atoms with E-state index in [0.717, 1.165) is 0 Å². The molecule has 1 amide bonds. The molecule has 2 N–H and O–H groups in total. The van der Waals surface area contributed by atoms with Gasteiger partial charge in [-0.05, 0) is 12.1 Å². The second-order valence-electron chi connectivity index (χ2n) is 4.40. The van der Waals surface area contributed by atoms with Gasteiger partial charge in [0.05, 0.1) is 27.3 Å². The number of hydrogen-bond acceptors (Lipinski definition) is 4. The van der Waals surface area contributed by atoms with Crippen LogP contribution in [0.25, 0.3) is 0 Å². The summed E-state index contributed by atoms with van der Waals surface area (Å²) in [5.41, 5.74) is 0.347. The maximum Gasteiger partial charge on any atom is 0.416 e. The normalized spacial score (nSPS) is 12.6. The topological polar surface area (TPSA) is 79.2 Å². The quantitative estimate of drug-likeness (QED) is 0.838. The lowest BCUT2D eigenvalue weighted by Crippen LogP contribution is -2.42. The molecule has 1 unspecified atom stereocenters. The number of carbonyl (C=O) groups is 1. The van der Waals surface area contributed by atoms with E-state index in [4.69, 9.17) is 19.7 Å². The molecule has 1 aromatic rings. The van der Waals surface area contributed by atoms with E-state index >= 15 is 0 Å². The van der Waals surface area contributed by atoms with E-state index in [1.54, 1.807) is 0 Å². The molecule has 9 heteroatoms. The van der Waals surface area contributed by atoms with Crippen LogP contribution < -0.4 is 9.47 Å². The number of alkyl halides is 3. The number of hydrogen-bond donors (Lipinski definition) is 2. The van der Waals surface area contributed by atoms with Crippen molar-refractivity contribution in [3.63, 3.8) is 0 Å². The van der Waals surface area contributed by atoms with Gasteiger partial charge < -0.3 is 24.6 Å². The zero-order valence-corrected chi connectivity index (χ0v) is 11.9. The van der Waals surface area contributed by atoms with Crippen LogP contribution in [0.15, 0.2) is 18.2 Å². The summed E-state index contributed by atoms with van der Waals surface area (Å²) in [6.07, 6.45) is -9.23. The van der Waals surface area contributed by atoms with Crippen LogP contribution in [0, 0.1) is 0 Å². The Kier molecular flexibility index (Phi) is 5.86. The number of nitrogens with zero attached hydrogens (tertiary/aromatic N) is 1. The molecule has 0 heterocycles. The van der Waals surface area contributed by atoms with Crippen LogP contribution in [0.4, 0.5) is 18.0 Å². The third-order valence-corrected chi connectivity index (χ3v) is 2.90. The first-order chi connectivity index (χ1) is 10.2. The van der Waals surface area contributed by atoms with Gasteiger partial charge in [-0.1, -0.05) is 0 Å². The minimum absolute atomic E-state index is 0.270. The molecule has 0 fully saturated rings. The van der Waals surface area contributed by atoms with Crippen molar-refractivity contribution in [3.8, 4) is 11.5 Å². The number of ether oxygens (including phenoxy) is 2. The highest BCUT2D eigenvalue weighted by Crippen LogP contribution is 2.27. The third kappa shape index (κ3) is 4.69. The Morgan fingerprint density at radius 1 is 1.32 bits per heavy atom. The van der Waals surface area contributed by atoms with Crippen molar-refractivity contribution in [3.05, 3.63) is 23.8 Å². The average molecular weight is 323 g/mol. The van der Waals surface area contributed by atoms with Crippen molar-refractivity contribution >= 4 is 6.09 Å². The fourth-order valence-corrected chi connectivity index (χ4v) is 1.71. The minimum atomic E-state index is -4.89. The van der Waals surface area contributed by atoms with Gasteiger partial charge in [0, 0.05) is 11.6 Å². The molecule has 0 spiro atoms. The molecule has 0 saturated carbocycles. The molecule has 0 bridgehead atoms. The first kappa shape index (κ1) is 17.9. The molecule has 1 aromatic carbocycles. The monoisotopic (exact) mass is 323 g/mol. The molecule has 0 aliphatic rings. The average Bonchev–Trinajstić information content (AvgIpc) is 2.45. The predicted octanol–water partition coefficient (Wildman–Crippen LogP) is 2.11. The number of methoxy groups -OCH3 is 2. The molecule has 22 heavy (non-hydrogen) atoms. The van der Waals surface area contributed by atoms with E-state index in [0.29, 0.717) is 16.2 Å². The molecular weight excluding hydrogens is 307 g/mol. The van der Waals surface area contributed by atoms with Crippen molar-refractivity contribution < 1.29 is 37.7 Å². The molecule has 1 rings (SSSR count). The number of carboxylic acid groups (broad SMARTS) is 1. The SMILES string of the molecule is COc1ccc(CN(CC(O)C(F)(F)F)C(=O)O)c(OC)c1. The Morgan fingerprint density at radius 2 is 1.95 bits per heavy atom. The highest BCUT2D eigenvalue weighted by molar-refractivity contribution is 5.65. The van der Waals surface area contributed by atoms with Crippen molar-refractivity contribution in [1.29, 1.82) is 0 Å². The number of aliphatic hydroxyl groups is 1. The van der Waals surface area contributed by atoms with Gasteiger partial charge in [0.1, 0.15) is 11.5 Å². The summed E-state index contributed by atoms with van der Waals surface area (Å²) in [7, 11) is 2.77. The van der Waals surface area contributed by atoms with E-state index < -0.39 is 24.9 Å². The number of amides is 1. The van der Waals surface area contributed by atoms with Crippen LogP contribution in [0.5, 0.6) is 11.5 Å². The fourth-order valence-electron chi connectivity index (χ4n) is 1.71. The van der Waals surface area contributed by atoms with E-state index in [1.807, 2.05) is 0 Å². The van der Waals surface area contributed by atoms with Crippen LogP contribution >= 0.6 is 0 Å². The van der Waals surface area contributed by atoms with Gasteiger partial charge in [0.25, 0.3) is 0 Å². The number of aliphatic hydroxyl groups excluding tert-OH is 1. The fraction of sp³-hybridized carbons (Fsp3) is 0.462. The zero-order valence-electron chi connectivity index (χ0n) is 11.9. The van der Waals surface area contributed by atoms with Crippen molar-refractivity contribution in [2.75, 3.05) is 20.8 Å².